The normalized spacial score (nSPS) is 15.2. The van der Waals surface area contributed by atoms with Gasteiger partial charge in [0.15, 0.2) is 11.5 Å². The molecule has 0 saturated carbocycles. The highest BCUT2D eigenvalue weighted by Gasteiger charge is 2.22. The second kappa shape index (κ2) is 8.14. The van der Waals surface area contributed by atoms with E-state index in [1.807, 2.05) is 56.0 Å². The molecule has 2 aliphatic rings. The van der Waals surface area contributed by atoms with Gasteiger partial charge in [-0.15, -0.1) is 0 Å². The quantitative estimate of drug-likeness (QED) is 0.740. The molecule has 0 unspecified atom stereocenters. The van der Waals surface area contributed by atoms with Crippen LogP contribution in [0.3, 0.4) is 0 Å². The standard InChI is InChI=1S/C22H25N5O3/c1-15-10-19(26-21(25-15)27-9-8-23-13-27)22(2,3)7-6-20(28)24-12-16-4-5-17-18(11-16)30-14-29-17/h4-7,10-11,13H,8-9,12,14H2,1-3H3,(H,24,28)/b7-6+. The maximum Gasteiger partial charge on any atom is 0.243 e. The molecular weight excluding hydrogens is 382 g/mol. The molecule has 2 aromatic rings. The van der Waals surface area contributed by atoms with Gasteiger partial charge in [-0.05, 0) is 36.8 Å². The predicted molar refractivity (Wildman–Crippen MR) is 114 cm³/mol. The molecule has 156 valence electrons. The lowest BCUT2D eigenvalue weighted by Gasteiger charge is -2.22. The van der Waals surface area contributed by atoms with Crippen molar-refractivity contribution in [1.82, 2.24) is 15.3 Å². The molecule has 0 spiro atoms. The molecule has 30 heavy (non-hydrogen) atoms. The molecule has 1 N–H and O–H groups in total. The van der Waals surface area contributed by atoms with E-state index in [1.165, 1.54) is 0 Å². The van der Waals surface area contributed by atoms with E-state index in [4.69, 9.17) is 14.5 Å². The Kier molecular flexibility index (Phi) is 5.39. The zero-order valence-corrected chi connectivity index (χ0v) is 17.4. The van der Waals surface area contributed by atoms with Crippen LogP contribution < -0.4 is 19.7 Å². The lowest BCUT2D eigenvalue weighted by molar-refractivity contribution is -0.116. The minimum Gasteiger partial charge on any atom is -0.454 e. The van der Waals surface area contributed by atoms with Gasteiger partial charge in [0.05, 0.1) is 18.6 Å². The van der Waals surface area contributed by atoms with Gasteiger partial charge in [-0.2, -0.15) is 0 Å². The minimum absolute atomic E-state index is 0.168. The molecule has 0 fully saturated rings. The van der Waals surface area contributed by atoms with Crippen LogP contribution in [-0.2, 0) is 16.8 Å². The summed E-state index contributed by atoms with van der Waals surface area (Å²) >= 11 is 0. The molecule has 4 rings (SSSR count). The molecule has 3 heterocycles. The van der Waals surface area contributed by atoms with Crippen molar-refractivity contribution in [2.45, 2.75) is 32.7 Å². The number of nitrogens with zero attached hydrogens (tertiary/aromatic N) is 4. The number of fused-ring (bicyclic) bond motifs is 1. The zero-order valence-electron chi connectivity index (χ0n) is 17.4. The Bertz CT molecular complexity index is 1020. The smallest absolute Gasteiger partial charge is 0.243 e. The van der Waals surface area contributed by atoms with Gasteiger partial charge in [-0.25, -0.2) is 9.97 Å². The van der Waals surface area contributed by atoms with Crippen LogP contribution in [0, 0.1) is 6.92 Å². The first-order chi connectivity index (χ1) is 14.4. The number of benzene rings is 1. The number of amides is 1. The predicted octanol–water partition coefficient (Wildman–Crippen LogP) is 2.51. The summed E-state index contributed by atoms with van der Waals surface area (Å²) in [4.78, 5) is 27.7. The Balaban J connectivity index is 1.41. The van der Waals surface area contributed by atoms with Crippen LogP contribution in [0.15, 0.2) is 41.4 Å². The molecule has 1 aromatic carbocycles. The van der Waals surface area contributed by atoms with Gasteiger partial charge in [0.2, 0.25) is 18.6 Å². The van der Waals surface area contributed by atoms with Crippen molar-refractivity contribution in [3.05, 3.63) is 53.4 Å². The first-order valence-corrected chi connectivity index (χ1v) is 9.89. The van der Waals surface area contributed by atoms with Crippen molar-refractivity contribution >= 4 is 18.2 Å². The van der Waals surface area contributed by atoms with Crippen molar-refractivity contribution in [3.63, 3.8) is 0 Å². The summed E-state index contributed by atoms with van der Waals surface area (Å²) in [5.74, 6) is 1.90. The largest absolute Gasteiger partial charge is 0.454 e. The average molecular weight is 407 g/mol. The molecule has 8 nitrogen and oxygen atoms in total. The number of aryl methyl sites for hydroxylation is 1. The Morgan fingerprint density at radius 1 is 1.23 bits per heavy atom. The van der Waals surface area contributed by atoms with E-state index < -0.39 is 5.41 Å². The van der Waals surface area contributed by atoms with E-state index in [9.17, 15) is 4.79 Å². The van der Waals surface area contributed by atoms with E-state index in [1.54, 1.807) is 12.4 Å². The number of hydrogen-bond donors (Lipinski definition) is 1. The molecule has 1 amide bonds. The third-order valence-electron chi connectivity index (χ3n) is 5.01. The molecule has 0 aliphatic carbocycles. The minimum atomic E-state index is -0.435. The lowest BCUT2D eigenvalue weighted by atomic mass is 9.88. The number of anilines is 1. The molecule has 1 aromatic heterocycles. The van der Waals surface area contributed by atoms with E-state index in [-0.39, 0.29) is 12.7 Å². The van der Waals surface area contributed by atoms with Gasteiger partial charge in [-0.1, -0.05) is 26.0 Å². The fourth-order valence-electron chi connectivity index (χ4n) is 3.21. The average Bonchev–Trinajstić information content (AvgIpc) is 3.41. The first kappa shape index (κ1) is 19.9. The summed E-state index contributed by atoms with van der Waals surface area (Å²) in [5, 5.41) is 2.90. The fourth-order valence-corrected chi connectivity index (χ4v) is 3.21. The lowest BCUT2D eigenvalue weighted by Crippen LogP contribution is -2.25. The van der Waals surface area contributed by atoms with Crippen LogP contribution in [0.2, 0.25) is 0 Å². The van der Waals surface area contributed by atoms with Gasteiger partial charge in [0, 0.05) is 24.2 Å². The van der Waals surface area contributed by atoms with E-state index in [0.29, 0.717) is 18.2 Å². The summed E-state index contributed by atoms with van der Waals surface area (Å²) in [6.45, 7) is 8.17. The topological polar surface area (TPSA) is 88.9 Å². The highest BCUT2D eigenvalue weighted by molar-refractivity contribution is 5.87. The Morgan fingerprint density at radius 2 is 2.07 bits per heavy atom. The van der Waals surface area contributed by atoms with Gasteiger partial charge >= 0.3 is 0 Å². The number of ether oxygens (including phenoxy) is 2. The molecule has 2 aliphatic heterocycles. The second-order valence-electron chi connectivity index (χ2n) is 7.87. The van der Waals surface area contributed by atoms with Gasteiger partial charge < -0.3 is 14.8 Å². The van der Waals surface area contributed by atoms with Crippen LogP contribution in [0.5, 0.6) is 11.5 Å². The number of carbonyl (C=O) groups is 1. The van der Waals surface area contributed by atoms with Crippen LogP contribution in [0.25, 0.3) is 0 Å². The first-order valence-electron chi connectivity index (χ1n) is 9.89. The van der Waals surface area contributed by atoms with Crippen molar-refractivity contribution in [2.75, 3.05) is 24.8 Å². The number of nitrogens with one attached hydrogen (secondary N) is 1. The third kappa shape index (κ3) is 4.42. The highest BCUT2D eigenvalue weighted by atomic mass is 16.7. The summed E-state index contributed by atoms with van der Waals surface area (Å²) in [6.07, 6.45) is 5.19. The molecule has 8 heteroatoms. The fraction of sp³-hybridized carbons (Fsp3) is 0.364. The third-order valence-corrected chi connectivity index (χ3v) is 5.01. The summed E-state index contributed by atoms with van der Waals surface area (Å²) < 4.78 is 10.7. The molecule has 0 radical (unpaired) electrons. The number of aromatic nitrogens is 2. The van der Waals surface area contributed by atoms with Crippen molar-refractivity contribution in [3.8, 4) is 11.5 Å². The van der Waals surface area contributed by atoms with Gasteiger partial charge in [-0.3, -0.25) is 14.7 Å². The number of hydrogen-bond acceptors (Lipinski definition) is 7. The van der Waals surface area contributed by atoms with Crippen LogP contribution in [0.1, 0.15) is 30.8 Å². The van der Waals surface area contributed by atoms with Gasteiger partial charge in [0.25, 0.3) is 0 Å². The SMILES string of the molecule is Cc1cc(C(C)(C)/C=C/C(=O)NCc2ccc3c(c2)OCO3)nc(N2C=NCC2)n1. The van der Waals surface area contributed by atoms with Crippen LogP contribution in [-0.4, -0.2) is 42.1 Å². The maximum atomic E-state index is 12.4. The highest BCUT2D eigenvalue weighted by Crippen LogP contribution is 2.32. The van der Waals surface area contributed by atoms with Crippen molar-refractivity contribution in [2.24, 2.45) is 4.99 Å². The maximum absolute atomic E-state index is 12.4. The summed E-state index contributed by atoms with van der Waals surface area (Å²) in [7, 11) is 0. The second-order valence-corrected chi connectivity index (χ2v) is 7.87. The van der Waals surface area contributed by atoms with E-state index >= 15 is 0 Å². The monoisotopic (exact) mass is 407 g/mol. The molecular formula is C22H25N5O3. The zero-order chi connectivity index (χ0) is 21.1. The number of allylic oxidation sites excluding steroid dienone is 1. The molecule has 0 saturated heterocycles. The Labute approximate surface area is 175 Å². The number of aliphatic imine (C=N–C) groups is 1. The number of rotatable bonds is 6. The van der Waals surface area contributed by atoms with Crippen molar-refractivity contribution < 1.29 is 14.3 Å². The molecule has 0 bridgehead atoms. The van der Waals surface area contributed by atoms with Gasteiger partial charge in [0.1, 0.15) is 0 Å². The van der Waals surface area contributed by atoms with E-state index in [0.717, 1.165) is 35.8 Å². The summed E-state index contributed by atoms with van der Waals surface area (Å²) in [6, 6.07) is 7.59. The summed E-state index contributed by atoms with van der Waals surface area (Å²) in [5.41, 5.74) is 2.24. The van der Waals surface area contributed by atoms with Crippen LogP contribution >= 0.6 is 0 Å². The Morgan fingerprint density at radius 3 is 2.87 bits per heavy atom. The number of carbonyl (C=O) groups excluding carboxylic acids is 1. The van der Waals surface area contributed by atoms with Crippen LogP contribution in [0.4, 0.5) is 5.95 Å². The van der Waals surface area contributed by atoms with Crippen molar-refractivity contribution in [1.29, 1.82) is 0 Å². The Hall–Kier alpha value is -3.42. The van der Waals surface area contributed by atoms with E-state index in [2.05, 4.69) is 15.3 Å². The molecule has 0 atom stereocenters.